The third-order valence-electron chi connectivity index (χ3n) is 3.35. The standard InChI is InChI=1S/C18H20N2/c1-5-9-18(20(4)14(3)6-2)16-10-7-12-17-15(16)11-8-13-19-17/h6-13H,2-3,5H2,1,4H3/b18-9-. The molecule has 0 aliphatic carbocycles. The van der Waals surface area contributed by atoms with E-state index in [-0.39, 0.29) is 0 Å². The second-order valence-electron chi connectivity index (χ2n) is 4.63. The maximum Gasteiger partial charge on any atom is 0.0708 e. The first-order valence-corrected chi connectivity index (χ1v) is 6.78. The fraction of sp³-hybridized carbons (Fsp3) is 0.167. The van der Waals surface area contributed by atoms with Crippen molar-refractivity contribution in [2.75, 3.05) is 7.05 Å². The minimum atomic E-state index is 0.880. The van der Waals surface area contributed by atoms with Gasteiger partial charge in [0.15, 0.2) is 0 Å². The number of likely N-dealkylation sites (N-methyl/N-ethyl adjacent to an activating group) is 1. The van der Waals surface area contributed by atoms with Gasteiger partial charge in [-0.3, -0.25) is 4.98 Å². The minimum Gasteiger partial charge on any atom is -0.345 e. The van der Waals surface area contributed by atoms with Gasteiger partial charge in [-0.1, -0.05) is 44.4 Å². The average Bonchev–Trinajstić information content (AvgIpc) is 2.50. The Bertz CT molecular complexity index is 663. The topological polar surface area (TPSA) is 16.1 Å². The van der Waals surface area contributed by atoms with E-state index in [2.05, 4.69) is 48.2 Å². The Morgan fingerprint density at radius 2 is 2.10 bits per heavy atom. The first-order valence-electron chi connectivity index (χ1n) is 6.78. The summed E-state index contributed by atoms with van der Waals surface area (Å²) in [5.41, 5.74) is 4.19. The Labute approximate surface area is 120 Å². The maximum absolute atomic E-state index is 4.42. The van der Waals surface area contributed by atoms with E-state index < -0.39 is 0 Å². The molecule has 0 spiro atoms. The largest absolute Gasteiger partial charge is 0.345 e. The van der Waals surface area contributed by atoms with E-state index >= 15 is 0 Å². The second kappa shape index (κ2) is 6.20. The van der Waals surface area contributed by atoms with Gasteiger partial charge in [0.05, 0.1) is 5.52 Å². The quantitative estimate of drug-likeness (QED) is 0.733. The van der Waals surface area contributed by atoms with Gasteiger partial charge in [-0.05, 0) is 24.6 Å². The van der Waals surface area contributed by atoms with E-state index in [1.54, 1.807) is 6.08 Å². The Kier molecular flexibility index (Phi) is 4.36. The van der Waals surface area contributed by atoms with Gasteiger partial charge in [-0.2, -0.15) is 0 Å². The first kappa shape index (κ1) is 14.1. The van der Waals surface area contributed by atoms with Crippen LogP contribution in [0, 0.1) is 0 Å². The van der Waals surface area contributed by atoms with Crippen LogP contribution in [0.5, 0.6) is 0 Å². The lowest BCUT2D eigenvalue weighted by Crippen LogP contribution is -2.14. The Balaban J connectivity index is 2.61. The zero-order valence-electron chi connectivity index (χ0n) is 12.1. The molecule has 2 heteroatoms. The van der Waals surface area contributed by atoms with Crippen molar-refractivity contribution in [3.8, 4) is 0 Å². The fourth-order valence-corrected chi connectivity index (χ4v) is 2.24. The minimum absolute atomic E-state index is 0.880. The van der Waals surface area contributed by atoms with Gasteiger partial charge < -0.3 is 4.90 Å². The third-order valence-corrected chi connectivity index (χ3v) is 3.35. The number of hydrogen-bond donors (Lipinski definition) is 0. The van der Waals surface area contributed by atoms with E-state index in [1.807, 2.05) is 31.4 Å². The molecule has 1 aromatic carbocycles. The number of pyridine rings is 1. The number of aromatic nitrogens is 1. The summed E-state index contributed by atoms with van der Waals surface area (Å²) in [7, 11) is 2.01. The molecule has 0 bridgehead atoms. The van der Waals surface area contributed by atoms with Gasteiger partial charge in [0.25, 0.3) is 0 Å². The van der Waals surface area contributed by atoms with Crippen LogP contribution in [0.15, 0.2) is 67.5 Å². The number of hydrogen-bond acceptors (Lipinski definition) is 2. The van der Waals surface area contributed by atoms with Gasteiger partial charge in [0.2, 0.25) is 0 Å². The summed E-state index contributed by atoms with van der Waals surface area (Å²) in [5, 5.41) is 1.15. The van der Waals surface area contributed by atoms with Crippen molar-refractivity contribution in [1.29, 1.82) is 0 Å². The van der Waals surface area contributed by atoms with E-state index in [4.69, 9.17) is 0 Å². The summed E-state index contributed by atoms with van der Waals surface area (Å²) in [6, 6.07) is 10.3. The Morgan fingerprint density at radius 3 is 2.80 bits per heavy atom. The molecule has 1 aromatic heterocycles. The SMILES string of the molecule is C=CC(=C)N(C)/C(=C\CC)c1cccc2ncccc12. The van der Waals surface area contributed by atoms with Crippen LogP contribution in [-0.4, -0.2) is 16.9 Å². The van der Waals surface area contributed by atoms with Crippen LogP contribution in [0.1, 0.15) is 18.9 Å². The van der Waals surface area contributed by atoms with Crippen LogP contribution < -0.4 is 0 Å². The zero-order valence-corrected chi connectivity index (χ0v) is 12.1. The van der Waals surface area contributed by atoms with Crippen molar-refractivity contribution in [2.24, 2.45) is 0 Å². The number of fused-ring (bicyclic) bond motifs is 1. The summed E-state index contributed by atoms with van der Waals surface area (Å²) in [5.74, 6) is 0. The van der Waals surface area contributed by atoms with Gasteiger partial charge >= 0.3 is 0 Å². The van der Waals surface area contributed by atoms with Crippen molar-refractivity contribution in [2.45, 2.75) is 13.3 Å². The van der Waals surface area contributed by atoms with E-state index in [9.17, 15) is 0 Å². The molecule has 0 aliphatic heterocycles. The molecule has 0 saturated heterocycles. The summed E-state index contributed by atoms with van der Waals surface area (Å²) < 4.78 is 0. The molecule has 0 fully saturated rings. The highest BCUT2D eigenvalue weighted by Gasteiger charge is 2.11. The van der Waals surface area contributed by atoms with Crippen LogP contribution in [0.4, 0.5) is 0 Å². The lowest BCUT2D eigenvalue weighted by molar-refractivity contribution is 0.618. The molecular weight excluding hydrogens is 244 g/mol. The van der Waals surface area contributed by atoms with Gasteiger partial charge in [-0.15, -0.1) is 0 Å². The van der Waals surface area contributed by atoms with Crippen molar-refractivity contribution in [3.05, 3.63) is 73.1 Å². The summed E-state index contributed by atoms with van der Waals surface area (Å²) >= 11 is 0. The highest BCUT2D eigenvalue weighted by molar-refractivity contribution is 5.91. The third kappa shape index (κ3) is 2.64. The van der Waals surface area contributed by atoms with Gasteiger partial charge in [0.1, 0.15) is 0 Å². The molecule has 0 saturated carbocycles. The molecule has 2 rings (SSSR count). The zero-order chi connectivity index (χ0) is 14.5. The van der Waals surface area contributed by atoms with Crippen LogP contribution in [0.3, 0.4) is 0 Å². The van der Waals surface area contributed by atoms with Gasteiger partial charge in [0, 0.05) is 35.6 Å². The average molecular weight is 264 g/mol. The lowest BCUT2D eigenvalue weighted by Gasteiger charge is -2.24. The molecule has 0 aliphatic rings. The van der Waals surface area contributed by atoms with Gasteiger partial charge in [-0.25, -0.2) is 0 Å². The Hall–Kier alpha value is -2.35. The molecule has 2 nitrogen and oxygen atoms in total. The van der Waals surface area contributed by atoms with Crippen LogP contribution in [0.25, 0.3) is 16.6 Å². The van der Waals surface area contributed by atoms with E-state index in [0.29, 0.717) is 0 Å². The summed E-state index contributed by atoms with van der Waals surface area (Å²) in [6.45, 7) is 9.97. The lowest BCUT2D eigenvalue weighted by atomic mass is 10.0. The van der Waals surface area contributed by atoms with E-state index in [0.717, 1.165) is 28.7 Å². The van der Waals surface area contributed by atoms with Crippen molar-refractivity contribution in [3.63, 3.8) is 0 Å². The van der Waals surface area contributed by atoms with Crippen LogP contribution in [0.2, 0.25) is 0 Å². The summed E-state index contributed by atoms with van der Waals surface area (Å²) in [6.07, 6.45) is 6.76. The maximum atomic E-state index is 4.42. The van der Waals surface area contributed by atoms with E-state index in [1.165, 1.54) is 5.56 Å². The highest BCUT2D eigenvalue weighted by Crippen LogP contribution is 2.28. The molecule has 1 heterocycles. The predicted molar refractivity (Wildman–Crippen MR) is 87.1 cm³/mol. The summed E-state index contributed by atoms with van der Waals surface area (Å²) in [4.78, 5) is 6.49. The number of benzene rings is 1. The van der Waals surface area contributed by atoms with Crippen molar-refractivity contribution in [1.82, 2.24) is 9.88 Å². The van der Waals surface area contributed by atoms with Crippen LogP contribution in [-0.2, 0) is 0 Å². The predicted octanol–water partition coefficient (Wildman–Crippen LogP) is 4.62. The fourth-order valence-electron chi connectivity index (χ4n) is 2.24. The number of rotatable bonds is 5. The molecule has 0 radical (unpaired) electrons. The monoisotopic (exact) mass is 264 g/mol. The molecular formula is C18H20N2. The highest BCUT2D eigenvalue weighted by atomic mass is 15.1. The molecule has 0 unspecified atom stereocenters. The molecule has 0 atom stereocenters. The van der Waals surface area contributed by atoms with Crippen molar-refractivity contribution < 1.29 is 0 Å². The van der Waals surface area contributed by atoms with Crippen molar-refractivity contribution >= 4 is 16.6 Å². The van der Waals surface area contributed by atoms with Crippen LogP contribution >= 0.6 is 0 Å². The molecule has 0 amide bonds. The Morgan fingerprint density at radius 1 is 1.30 bits per heavy atom. The molecule has 20 heavy (non-hydrogen) atoms. The normalized spacial score (nSPS) is 11.4. The first-order chi connectivity index (χ1) is 9.69. The number of nitrogens with zero attached hydrogens (tertiary/aromatic N) is 2. The molecule has 102 valence electrons. The molecule has 0 N–H and O–H groups in total. The molecule has 2 aromatic rings. The number of allylic oxidation sites excluding steroid dienone is 2. The smallest absolute Gasteiger partial charge is 0.0708 e. The second-order valence-corrected chi connectivity index (χ2v) is 4.63.